The number of carbonyl (C=O) groups is 1. The molecule has 11 heteroatoms. The molecule has 4 aromatic rings. The van der Waals surface area contributed by atoms with E-state index in [0.717, 1.165) is 73.7 Å². The number of amides is 1. The Kier molecular flexibility index (Phi) is 6.12. The molecule has 0 bridgehead atoms. The first-order valence-electron chi connectivity index (χ1n) is 11.6. The summed E-state index contributed by atoms with van der Waals surface area (Å²) in [6, 6.07) is 5.51. The summed E-state index contributed by atoms with van der Waals surface area (Å²) in [5.74, 6) is 0.606. The first-order chi connectivity index (χ1) is 16.5. The SMILES string of the molecule is CCn1nc(C)cc1-c1n[nH]c(-c2cc(C(N)=O)cc3c2cnn3CCCN2CCOCC2)n1. The van der Waals surface area contributed by atoms with Crippen molar-refractivity contribution in [3.63, 3.8) is 0 Å². The molecule has 4 heterocycles. The molecule has 1 aromatic carbocycles. The Balaban J connectivity index is 1.46. The predicted molar refractivity (Wildman–Crippen MR) is 127 cm³/mol. The van der Waals surface area contributed by atoms with E-state index in [1.807, 2.05) is 35.5 Å². The quantitative estimate of drug-likeness (QED) is 0.407. The molecule has 1 aliphatic heterocycles. The van der Waals surface area contributed by atoms with E-state index in [1.54, 1.807) is 12.1 Å². The van der Waals surface area contributed by atoms with Gasteiger partial charge in [-0.1, -0.05) is 0 Å². The van der Waals surface area contributed by atoms with Gasteiger partial charge in [0, 0.05) is 49.2 Å². The fraction of sp³-hybridized carbons (Fsp3) is 0.435. The number of nitrogens with zero attached hydrogens (tertiary/aromatic N) is 7. The van der Waals surface area contributed by atoms with Crippen LogP contribution < -0.4 is 5.73 Å². The van der Waals surface area contributed by atoms with Crippen molar-refractivity contribution in [3.05, 3.63) is 35.7 Å². The third-order valence-corrected chi connectivity index (χ3v) is 6.17. The highest BCUT2D eigenvalue weighted by Crippen LogP contribution is 2.30. The Hall–Kier alpha value is -3.57. The molecule has 1 fully saturated rings. The average molecular weight is 464 g/mol. The van der Waals surface area contributed by atoms with Gasteiger partial charge in [0.25, 0.3) is 0 Å². The summed E-state index contributed by atoms with van der Waals surface area (Å²) in [6.07, 6.45) is 2.76. The minimum Gasteiger partial charge on any atom is -0.379 e. The normalized spacial score (nSPS) is 14.8. The fourth-order valence-corrected chi connectivity index (χ4v) is 4.43. The Labute approximate surface area is 196 Å². The molecule has 178 valence electrons. The fourth-order valence-electron chi connectivity index (χ4n) is 4.43. The standard InChI is InChI=1S/C23H29N9O2/c1-3-31-20(11-15(2)29-31)23-26-22(27-28-23)17-12-16(21(24)33)13-19-18(17)14-25-32(19)6-4-5-30-7-9-34-10-8-30/h11-14H,3-10H2,1-2H3,(H2,24,33)(H,26,27,28). The van der Waals surface area contributed by atoms with Gasteiger partial charge in [-0.25, -0.2) is 4.98 Å². The maximum Gasteiger partial charge on any atom is 0.248 e. The van der Waals surface area contributed by atoms with Crippen molar-refractivity contribution in [1.29, 1.82) is 0 Å². The summed E-state index contributed by atoms with van der Waals surface area (Å²) in [6.45, 7) is 9.88. The molecule has 0 atom stereocenters. The van der Waals surface area contributed by atoms with Crippen molar-refractivity contribution in [1.82, 2.24) is 39.6 Å². The van der Waals surface area contributed by atoms with Crippen molar-refractivity contribution in [2.24, 2.45) is 5.73 Å². The number of nitrogens with two attached hydrogens (primary N) is 1. The molecule has 1 amide bonds. The number of aromatic amines is 1. The van der Waals surface area contributed by atoms with Crippen LogP contribution in [0.4, 0.5) is 0 Å². The number of aromatic nitrogens is 7. The van der Waals surface area contributed by atoms with Crippen LogP contribution >= 0.6 is 0 Å². The number of nitrogens with one attached hydrogen (secondary N) is 1. The molecule has 3 aromatic heterocycles. The van der Waals surface area contributed by atoms with Crippen LogP contribution in [-0.4, -0.2) is 78.4 Å². The molecular formula is C23H29N9O2. The van der Waals surface area contributed by atoms with E-state index >= 15 is 0 Å². The van der Waals surface area contributed by atoms with Crippen molar-refractivity contribution < 1.29 is 9.53 Å². The molecule has 0 radical (unpaired) electrons. The highest BCUT2D eigenvalue weighted by atomic mass is 16.5. The van der Waals surface area contributed by atoms with Gasteiger partial charge in [0.1, 0.15) is 5.69 Å². The van der Waals surface area contributed by atoms with E-state index in [2.05, 4.69) is 25.3 Å². The van der Waals surface area contributed by atoms with Gasteiger partial charge in [-0.15, -0.1) is 0 Å². The summed E-state index contributed by atoms with van der Waals surface area (Å²) in [5, 5.41) is 17.4. The molecule has 1 aliphatic rings. The van der Waals surface area contributed by atoms with Gasteiger partial charge in [-0.2, -0.15) is 15.3 Å². The summed E-state index contributed by atoms with van der Waals surface area (Å²) in [5.41, 5.74) is 9.39. The number of rotatable bonds is 8. The number of primary amides is 1. The first kappa shape index (κ1) is 22.2. The third kappa shape index (κ3) is 4.31. The predicted octanol–water partition coefficient (Wildman–Crippen LogP) is 1.83. The highest BCUT2D eigenvalue weighted by molar-refractivity contribution is 6.02. The van der Waals surface area contributed by atoms with E-state index in [-0.39, 0.29) is 0 Å². The van der Waals surface area contributed by atoms with Crippen molar-refractivity contribution >= 4 is 16.8 Å². The zero-order valence-electron chi connectivity index (χ0n) is 19.5. The Morgan fingerprint density at radius 3 is 2.76 bits per heavy atom. The molecule has 3 N–H and O–H groups in total. The van der Waals surface area contributed by atoms with E-state index in [4.69, 9.17) is 15.5 Å². The van der Waals surface area contributed by atoms with Crippen LogP contribution in [0.25, 0.3) is 33.8 Å². The second-order valence-corrected chi connectivity index (χ2v) is 8.49. The highest BCUT2D eigenvalue weighted by Gasteiger charge is 2.19. The van der Waals surface area contributed by atoms with Gasteiger partial charge in [0.05, 0.1) is 30.6 Å². The first-order valence-corrected chi connectivity index (χ1v) is 11.6. The average Bonchev–Trinajstić information content (AvgIpc) is 3.57. The summed E-state index contributed by atoms with van der Waals surface area (Å²) < 4.78 is 9.22. The maximum absolute atomic E-state index is 12.1. The number of carbonyl (C=O) groups excluding carboxylic acids is 1. The zero-order chi connectivity index (χ0) is 23.7. The number of H-pyrrole nitrogens is 1. The molecular weight excluding hydrogens is 434 g/mol. The van der Waals surface area contributed by atoms with E-state index in [1.165, 1.54) is 0 Å². The number of hydrogen-bond donors (Lipinski definition) is 2. The molecule has 5 rings (SSSR count). The second-order valence-electron chi connectivity index (χ2n) is 8.49. The van der Waals surface area contributed by atoms with Crippen LogP contribution in [0.2, 0.25) is 0 Å². The topological polar surface area (TPSA) is 133 Å². The number of benzene rings is 1. The minimum absolute atomic E-state index is 0.407. The van der Waals surface area contributed by atoms with Crippen LogP contribution in [-0.2, 0) is 17.8 Å². The molecule has 11 nitrogen and oxygen atoms in total. The number of hydrogen-bond acceptors (Lipinski definition) is 7. The lowest BCUT2D eigenvalue weighted by atomic mass is 10.0. The van der Waals surface area contributed by atoms with Crippen LogP contribution in [0, 0.1) is 6.92 Å². The number of morpholine rings is 1. The summed E-state index contributed by atoms with van der Waals surface area (Å²) >= 11 is 0. The lowest BCUT2D eigenvalue weighted by Crippen LogP contribution is -2.37. The van der Waals surface area contributed by atoms with E-state index < -0.39 is 5.91 Å². The largest absolute Gasteiger partial charge is 0.379 e. The summed E-state index contributed by atoms with van der Waals surface area (Å²) in [4.78, 5) is 19.2. The van der Waals surface area contributed by atoms with Gasteiger partial charge in [-0.05, 0) is 38.5 Å². The molecule has 0 spiro atoms. The number of fused-ring (bicyclic) bond motifs is 1. The molecule has 0 saturated carbocycles. The Morgan fingerprint density at radius 1 is 1.18 bits per heavy atom. The van der Waals surface area contributed by atoms with Gasteiger partial charge in [-0.3, -0.25) is 24.2 Å². The van der Waals surface area contributed by atoms with Gasteiger partial charge < -0.3 is 10.5 Å². The van der Waals surface area contributed by atoms with Crippen molar-refractivity contribution in [2.75, 3.05) is 32.8 Å². The molecule has 1 saturated heterocycles. The Bertz CT molecular complexity index is 1310. The second kappa shape index (κ2) is 9.35. The molecule has 34 heavy (non-hydrogen) atoms. The van der Waals surface area contributed by atoms with E-state index in [9.17, 15) is 4.79 Å². The molecule has 0 unspecified atom stereocenters. The minimum atomic E-state index is -0.497. The van der Waals surface area contributed by atoms with Crippen LogP contribution in [0.3, 0.4) is 0 Å². The number of aryl methyl sites for hydroxylation is 3. The van der Waals surface area contributed by atoms with Gasteiger partial charge >= 0.3 is 0 Å². The lowest BCUT2D eigenvalue weighted by molar-refractivity contribution is 0.0368. The maximum atomic E-state index is 12.1. The van der Waals surface area contributed by atoms with Crippen LogP contribution in [0.15, 0.2) is 24.4 Å². The number of ether oxygens (including phenoxy) is 1. The zero-order valence-corrected chi connectivity index (χ0v) is 19.5. The van der Waals surface area contributed by atoms with Crippen LogP contribution in [0.5, 0.6) is 0 Å². The smallest absolute Gasteiger partial charge is 0.248 e. The van der Waals surface area contributed by atoms with Crippen molar-refractivity contribution in [2.45, 2.75) is 33.4 Å². The summed E-state index contributed by atoms with van der Waals surface area (Å²) in [7, 11) is 0. The van der Waals surface area contributed by atoms with E-state index in [0.29, 0.717) is 23.8 Å². The van der Waals surface area contributed by atoms with Gasteiger partial charge in [0.2, 0.25) is 5.91 Å². The Morgan fingerprint density at radius 2 is 2.00 bits per heavy atom. The van der Waals surface area contributed by atoms with Gasteiger partial charge in [0.15, 0.2) is 11.6 Å². The lowest BCUT2D eigenvalue weighted by Gasteiger charge is -2.26. The monoisotopic (exact) mass is 463 g/mol. The third-order valence-electron chi connectivity index (χ3n) is 6.17. The molecule has 0 aliphatic carbocycles. The van der Waals surface area contributed by atoms with Crippen molar-refractivity contribution in [3.8, 4) is 22.9 Å². The van der Waals surface area contributed by atoms with Crippen LogP contribution in [0.1, 0.15) is 29.4 Å².